The van der Waals surface area contributed by atoms with Gasteiger partial charge in [-0.25, -0.2) is 0 Å². The normalized spacial score (nSPS) is 37.5. The van der Waals surface area contributed by atoms with Gasteiger partial charge in [-0.05, 0) is 43.7 Å². The molecule has 142 valence electrons. The number of hydrogen-bond donors (Lipinski definition) is 1. The first kappa shape index (κ1) is 18.9. The lowest BCUT2D eigenvalue weighted by atomic mass is 9.59. The fourth-order valence-electron chi connectivity index (χ4n) is 5.32. The van der Waals surface area contributed by atoms with Crippen molar-refractivity contribution < 1.29 is 9.53 Å². The number of nitrogens with one attached hydrogen (secondary N) is 1. The fraction of sp³-hybridized carbons (Fsp3) is 0.857. The third-order valence-corrected chi connectivity index (χ3v) is 6.94. The Balaban J connectivity index is 1.63. The van der Waals surface area contributed by atoms with Crippen LogP contribution in [0.15, 0.2) is 11.6 Å². The number of esters is 1. The van der Waals surface area contributed by atoms with Gasteiger partial charge in [0.15, 0.2) is 0 Å². The predicted octanol–water partition coefficient (Wildman–Crippen LogP) is 3.23. The summed E-state index contributed by atoms with van der Waals surface area (Å²) in [5, 5.41) is 3.51. The monoisotopic (exact) mass is 348 g/mol. The average Bonchev–Trinajstić information content (AvgIpc) is 2.87. The van der Waals surface area contributed by atoms with Gasteiger partial charge in [0, 0.05) is 25.6 Å². The van der Waals surface area contributed by atoms with Crippen molar-refractivity contribution in [2.75, 3.05) is 32.7 Å². The molecule has 1 aliphatic heterocycles. The van der Waals surface area contributed by atoms with Crippen LogP contribution >= 0.6 is 0 Å². The second-order valence-corrected chi connectivity index (χ2v) is 8.57. The number of likely N-dealkylation sites (N-methyl/N-ethyl adjacent to an activating group) is 1. The summed E-state index contributed by atoms with van der Waals surface area (Å²) in [7, 11) is 0. The van der Waals surface area contributed by atoms with Crippen LogP contribution in [0, 0.1) is 23.2 Å². The van der Waals surface area contributed by atoms with Gasteiger partial charge in [0.25, 0.3) is 0 Å². The fourth-order valence-corrected chi connectivity index (χ4v) is 5.32. The zero-order valence-corrected chi connectivity index (χ0v) is 16.5. The third kappa shape index (κ3) is 3.80. The van der Waals surface area contributed by atoms with Crippen LogP contribution in [0.5, 0.6) is 0 Å². The van der Waals surface area contributed by atoms with Crippen LogP contribution in [0.25, 0.3) is 0 Å². The van der Waals surface area contributed by atoms with Gasteiger partial charge in [0.1, 0.15) is 6.10 Å². The van der Waals surface area contributed by atoms with E-state index < -0.39 is 0 Å². The molecule has 0 bridgehead atoms. The molecule has 1 saturated heterocycles. The number of allylic oxidation sites excluding steroid dienone is 1. The number of hydrogen-bond acceptors (Lipinski definition) is 4. The van der Waals surface area contributed by atoms with Gasteiger partial charge < -0.3 is 15.0 Å². The van der Waals surface area contributed by atoms with E-state index in [2.05, 4.69) is 44.0 Å². The van der Waals surface area contributed by atoms with Crippen molar-refractivity contribution >= 4 is 5.97 Å². The van der Waals surface area contributed by atoms with Crippen LogP contribution in [-0.4, -0.2) is 49.7 Å². The Hall–Kier alpha value is -0.870. The van der Waals surface area contributed by atoms with Crippen LogP contribution in [0.4, 0.5) is 0 Å². The Morgan fingerprint density at radius 3 is 2.84 bits per heavy atom. The van der Waals surface area contributed by atoms with E-state index in [1.165, 1.54) is 19.3 Å². The number of carbonyl (C=O) groups is 1. The Morgan fingerprint density at radius 2 is 2.12 bits per heavy atom. The van der Waals surface area contributed by atoms with E-state index in [0.717, 1.165) is 39.1 Å². The molecule has 3 aliphatic rings. The summed E-state index contributed by atoms with van der Waals surface area (Å²) in [6, 6.07) is 0. The molecule has 4 nitrogen and oxygen atoms in total. The smallest absolute Gasteiger partial charge is 0.311 e. The maximum atomic E-state index is 12.5. The van der Waals surface area contributed by atoms with Crippen LogP contribution in [-0.2, 0) is 9.53 Å². The highest BCUT2D eigenvalue weighted by atomic mass is 16.6. The molecule has 0 radical (unpaired) electrons. The molecule has 4 heteroatoms. The zero-order valence-electron chi connectivity index (χ0n) is 16.5. The van der Waals surface area contributed by atoms with Gasteiger partial charge in [0.2, 0.25) is 0 Å². The van der Waals surface area contributed by atoms with Crippen molar-refractivity contribution in [1.29, 1.82) is 0 Å². The SMILES string of the molecule is CCN(CC)CCNC[C@@H]1C(=O)O[C@@H]2C[C@@]3(C)CCC[C@H](C)C3=C[C@H]12. The van der Waals surface area contributed by atoms with E-state index in [4.69, 9.17) is 4.74 Å². The highest BCUT2D eigenvalue weighted by Gasteiger charge is 2.51. The maximum absolute atomic E-state index is 12.5. The van der Waals surface area contributed by atoms with Gasteiger partial charge in [-0.15, -0.1) is 0 Å². The molecule has 1 N–H and O–H groups in total. The van der Waals surface area contributed by atoms with E-state index >= 15 is 0 Å². The van der Waals surface area contributed by atoms with E-state index in [1.807, 2.05) is 0 Å². The van der Waals surface area contributed by atoms with Crippen molar-refractivity contribution in [2.24, 2.45) is 23.2 Å². The molecule has 0 amide bonds. The molecule has 2 aliphatic carbocycles. The average molecular weight is 349 g/mol. The molecule has 0 aromatic rings. The van der Waals surface area contributed by atoms with E-state index in [0.29, 0.717) is 5.92 Å². The van der Waals surface area contributed by atoms with Crippen LogP contribution in [0.1, 0.15) is 53.4 Å². The largest absolute Gasteiger partial charge is 0.461 e. The van der Waals surface area contributed by atoms with Crippen molar-refractivity contribution in [3.63, 3.8) is 0 Å². The molecule has 3 rings (SSSR count). The predicted molar refractivity (Wildman–Crippen MR) is 101 cm³/mol. The van der Waals surface area contributed by atoms with E-state index in [1.54, 1.807) is 5.57 Å². The molecule has 25 heavy (non-hydrogen) atoms. The summed E-state index contributed by atoms with van der Waals surface area (Å²) in [6.45, 7) is 14.0. The lowest BCUT2D eigenvalue weighted by Crippen LogP contribution is -2.41. The first-order valence-corrected chi connectivity index (χ1v) is 10.3. The van der Waals surface area contributed by atoms with Crippen molar-refractivity contribution in [3.05, 3.63) is 11.6 Å². The summed E-state index contributed by atoms with van der Waals surface area (Å²) in [5.74, 6) is 0.939. The van der Waals surface area contributed by atoms with E-state index in [-0.39, 0.29) is 29.3 Å². The summed E-state index contributed by atoms with van der Waals surface area (Å²) in [5.41, 5.74) is 1.86. The third-order valence-electron chi connectivity index (χ3n) is 6.94. The number of fused-ring (bicyclic) bond motifs is 2. The van der Waals surface area contributed by atoms with E-state index in [9.17, 15) is 4.79 Å². The van der Waals surface area contributed by atoms with Crippen LogP contribution in [0.2, 0.25) is 0 Å². The Morgan fingerprint density at radius 1 is 1.36 bits per heavy atom. The lowest BCUT2D eigenvalue weighted by molar-refractivity contribution is -0.145. The maximum Gasteiger partial charge on any atom is 0.311 e. The molecule has 0 aromatic carbocycles. The number of ether oxygens (including phenoxy) is 1. The second-order valence-electron chi connectivity index (χ2n) is 8.57. The molecule has 0 spiro atoms. The van der Waals surface area contributed by atoms with Gasteiger partial charge in [-0.2, -0.15) is 0 Å². The molecular formula is C21H36N2O2. The molecule has 5 atom stereocenters. The topological polar surface area (TPSA) is 41.6 Å². The molecular weight excluding hydrogens is 312 g/mol. The highest BCUT2D eigenvalue weighted by molar-refractivity contribution is 5.76. The molecule has 1 heterocycles. The van der Waals surface area contributed by atoms with Gasteiger partial charge in [-0.1, -0.05) is 45.8 Å². The quantitative estimate of drug-likeness (QED) is 0.436. The van der Waals surface area contributed by atoms with Crippen molar-refractivity contribution in [1.82, 2.24) is 10.2 Å². The lowest BCUT2D eigenvalue weighted by Gasteiger charge is -2.46. The summed E-state index contributed by atoms with van der Waals surface area (Å²) in [6.07, 6.45) is 7.41. The zero-order chi connectivity index (χ0) is 18.0. The van der Waals surface area contributed by atoms with Gasteiger partial charge in [-0.3, -0.25) is 4.79 Å². The Bertz CT molecular complexity index is 514. The summed E-state index contributed by atoms with van der Waals surface area (Å²) >= 11 is 0. The number of nitrogens with zero attached hydrogens (tertiary/aromatic N) is 1. The van der Waals surface area contributed by atoms with Crippen LogP contribution < -0.4 is 5.32 Å². The Kier molecular flexibility index (Phi) is 5.89. The minimum atomic E-state index is -0.00659. The van der Waals surface area contributed by atoms with Crippen LogP contribution in [0.3, 0.4) is 0 Å². The highest BCUT2D eigenvalue weighted by Crippen LogP contribution is 2.53. The Labute approximate surface area is 153 Å². The standard InChI is InChI=1S/C21H36N2O2/c1-5-23(6-2)11-10-22-14-17-16-12-18-15(3)8-7-9-21(18,4)13-19(16)25-20(17)24/h12,15-17,19,22H,5-11,13-14H2,1-4H3/t15-,16+,17-,19+,21+/m0/s1. The minimum absolute atomic E-state index is 0.00659. The molecule has 1 saturated carbocycles. The van der Waals surface area contributed by atoms with Crippen molar-refractivity contribution in [2.45, 2.75) is 59.5 Å². The second kappa shape index (κ2) is 7.79. The first-order valence-electron chi connectivity index (χ1n) is 10.3. The van der Waals surface area contributed by atoms with Crippen molar-refractivity contribution in [3.8, 4) is 0 Å². The molecule has 2 fully saturated rings. The summed E-state index contributed by atoms with van der Waals surface area (Å²) < 4.78 is 5.81. The molecule has 0 aromatic heterocycles. The number of rotatable bonds is 7. The van der Waals surface area contributed by atoms with Gasteiger partial charge in [0.05, 0.1) is 5.92 Å². The van der Waals surface area contributed by atoms with Gasteiger partial charge >= 0.3 is 5.97 Å². The first-order chi connectivity index (χ1) is 12.0. The minimum Gasteiger partial charge on any atom is -0.461 e. The molecule has 0 unspecified atom stereocenters. The summed E-state index contributed by atoms with van der Waals surface area (Å²) in [4.78, 5) is 14.9. The number of carbonyl (C=O) groups excluding carboxylic acids is 1.